The average Bonchev–Trinajstić information content (AvgIpc) is 3.16. The molecule has 2 aromatic rings. The molecule has 1 aliphatic rings. The molecule has 3 rings (SSSR count). The Morgan fingerprint density at radius 3 is 2.66 bits per heavy atom. The Morgan fingerprint density at radius 1 is 1.28 bits per heavy atom. The highest BCUT2D eigenvalue weighted by atomic mass is 32.2. The van der Waals surface area contributed by atoms with E-state index in [0.29, 0.717) is 6.54 Å². The number of piperidine rings is 1. The average molecular weight is 439 g/mol. The van der Waals surface area contributed by atoms with Crippen LogP contribution in [-0.2, 0) is 14.8 Å². The van der Waals surface area contributed by atoms with Gasteiger partial charge in [-0.2, -0.15) is 4.31 Å². The minimum Gasteiger partial charge on any atom is -0.461 e. The fraction of sp³-hybridized carbons (Fsp3) is 0.444. The topological polar surface area (TPSA) is 119 Å². The van der Waals surface area contributed by atoms with Crippen LogP contribution in [0, 0.1) is 0 Å². The number of sulfonamides is 1. The Labute approximate surface area is 173 Å². The van der Waals surface area contributed by atoms with Gasteiger partial charge in [0.05, 0.1) is 11.5 Å². The van der Waals surface area contributed by atoms with Crippen LogP contribution in [0.2, 0.25) is 0 Å². The van der Waals surface area contributed by atoms with E-state index < -0.39 is 21.9 Å². The van der Waals surface area contributed by atoms with Gasteiger partial charge < -0.3 is 10.1 Å². The summed E-state index contributed by atoms with van der Waals surface area (Å²) in [7, 11) is -3.61. The Balaban J connectivity index is 1.74. The number of esters is 1. The van der Waals surface area contributed by atoms with Crippen molar-refractivity contribution in [2.75, 3.05) is 18.5 Å². The summed E-state index contributed by atoms with van der Waals surface area (Å²) in [5.74, 6) is -1.18. The van der Waals surface area contributed by atoms with E-state index in [2.05, 4.69) is 14.9 Å². The highest BCUT2D eigenvalue weighted by Crippen LogP contribution is 2.26. The fourth-order valence-corrected chi connectivity index (χ4v) is 5.38. The minimum absolute atomic E-state index is 0.0446. The highest BCUT2D eigenvalue weighted by molar-refractivity contribution is 7.89. The molecule has 0 saturated carbocycles. The lowest BCUT2D eigenvalue weighted by Gasteiger charge is -2.32. The van der Waals surface area contributed by atoms with Crippen molar-refractivity contribution in [3.8, 4) is 0 Å². The molecule has 1 aromatic heterocycles. The van der Waals surface area contributed by atoms with Crippen LogP contribution in [0.5, 0.6) is 0 Å². The number of nitrogens with zero attached hydrogens (tertiary/aromatic N) is 3. The Kier molecular flexibility index (Phi) is 6.60. The van der Waals surface area contributed by atoms with E-state index in [1.54, 1.807) is 6.92 Å². The Bertz CT molecular complexity index is 988. The first kappa shape index (κ1) is 21.3. The van der Waals surface area contributed by atoms with Crippen LogP contribution in [0.1, 0.15) is 54.0 Å². The first-order valence-corrected chi connectivity index (χ1v) is 11.5. The Morgan fingerprint density at radius 2 is 2.00 bits per heavy atom. The predicted octanol–water partition coefficient (Wildman–Crippen LogP) is 2.53. The standard InChI is InChI=1S/C18H22N4O5S2/c1-3-27-18(24)15-17(28-21-20-15)19-16(23)13-7-9-14(10-8-13)29(25,26)22-11-5-4-6-12(22)2/h7-10,12H,3-6,11H2,1-2H3,(H,19,23). The third-order valence-corrected chi connectivity index (χ3v) is 7.32. The molecule has 9 nitrogen and oxygen atoms in total. The zero-order valence-electron chi connectivity index (χ0n) is 16.1. The highest BCUT2D eigenvalue weighted by Gasteiger charge is 2.31. The van der Waals surface area contributed by atoms with Crippen molar-refractivity contribution in [2.45, 2.75) is 44.0 Å². The summed E-state index contributed by atoms with van der Waals surface area (Å²) in [6, 6.07) is 5.67. The lowest BCUT2D eigenvalue weighted by molar-refractivity contribution is 0.0520. The number of rotatable bonds is 6. The molecule has 156 valence electrons. The summed E-state index contributed by atoms with van der Waals surface area (Å²) in [4.78, 5) is 24.5. The van der Waals surface area contributed by atoms with E-state index in [1.165, 1.54) is 28.6 Å². The molecular weight excluding hydrogens is 416 g/mol. The van der Waals surface area contributed by atoms with E-state index in [1.807, 2.05) is 6.92 Å². The van der Waals surface area contributed by atoms with Gasteiger partial charge >= 0.3 is 5.97 Å². The maximum absolute atomic E-state index is 12.9. The second-order valence-electron chi connectivity index (χ2n) is 6.61. The number of carbonyl (C=O) groups is 2. The monoisotopic (exact) mass is 438 g/mol. The Hall–Kier alpha value is -2.37. The van der Waals surface area contributed by atoms with Crippen molar-refractivity contribution >= 4 is 38.4 Å². The molecule has 0 radical (unpaired) electrons. The van der Waals surface area contributed by atoms with Crippen LogP contribution < -0.4 is 5.32 Å². The number of benzene rings is 1. The molecule has 0 aliphatic carbocycles. The summed E-state index contributed by atoms with van der Waals surface area (Å²) in [6.45, 7) is 4.25. The van der Waals surface area contributed by atoms with Crippen molar-refractivity contribution in [3.63, 3.8) is 0 Å². The molecular formula is C18H22N4O5S2. The first-order chi connectivity index (χ1) is 13.8. The molecule has 1 aliphatic heterocycles. The largest absolute Gasteiger partial charge is 0.461 e. The second kappa shape index (κ2) is 8.97. The van der Waals surface area contributed by atoms with Gasteiger partial charge in [0, 0.05) is 29.7 Å². The summed E-state index contributed by atoms with van der Waals surface area (Å²) in [6.07, 6.45) is 2.70. The van der Waals surface area contributed by atoms with Gasteiger partial charge in [0.1, 0.15) is 0 Å². The van der Waals surface area contributed by atoms with Crippen molar-refractivity contribution in [2.24, 2.45) is 0 Å². The summed E-state index contributed by atoms with van der Waals surface area (Å²) in [5.41, 5.74) is 0.183. The predicted molar refractivity (Wildman–Crippen MR) is 107 cm³/mol. The molecule has 1 atom stereocenters. The molecule has 1 N–H and O–H groups in total. The summed E-state index contributed by atoms with van der Waals surface area (Å²) in [5, 5.41) is 6.42. The van der Waals surface area contributed by atoms with Crippen LogP contribution in [0.15, 0.2) is 29.2 Å². The van der Waals surface area contributed by atoms with E-state index in [0.717, 1.165) is 30.8 Å². The van der Waals surface area contributed by atoms with Gasteiger partial charge in [-0.15, -0.1) is 5.10 Å². The molecule has 1 fully saturated rings. The third-order valence-electron chi connectivity index (χ3n) is 4.65. The molecule has 2 heterocycles. The smallest absolute Gasteiger partial charge is 0.362 e. The van der Waals surface area contributed by atoms with Crippen molar-refractivity contribution in [1.29, 1.82) is 0 Å². The van der Waals surface area contributed by atoms with Crippen LogP contribution in [-0.4, -0.2) is 53.4 Å². The van der Waals surface area contributed by atoms with E-state index >= 15 is 0 Å². The summed E-state index contributed by atoms with van der Waals surface area (Å²) >= 11 is 0.857. The van der Waals surface area contributed by atoms with Crippen molar-refractivity contribution in [3.05, 3.63) is 35.5 Å². The lowest BCUT2D eigenvalue weighted by atomic mass is 10.1. The second-order valence-corrected chi connectivity index (χ2v) is 9.25. The van der Waals surface area contributed by atoms with E-state index in [9.17, 15) is 18.0 Å². The van der Waals surface area contributed by atoms with Crippen LogP contribution in [0.25, 0.3) is 0 Å². The van der Waals surface area contributed by atoms with Crippen LogP contribution in [0.3, 0.4) is 0 Å². The van der Waals surface area contributed by atoms with Crippen LogP contribution in [0.4, 0.5) is 5.00 Å². The van der Waals surface area contributed by atoms with E-state index in [4.69, 9.17) is 4.74 Å². The molecule has 1 amide bonds. The minimum atomic E-state index is -3.61. The van der Waals surface area contributed by atoms with Gasteiger partial charge in [0.15, 0.2) is 5.00 Å². The number of hydrogen-bond donors (Lipinski definition) is 1. The van der Waals surface area contributed by atoms with Crippen molar-refractivity contribution < 1.29 is 22.7 Å². The van der Waals surface area contributed by atoms with Gasteiger partial charge in [-0.05, 0) is 51.0 Å². The number of amides is 1. The number of hydrogen-bond acceptors (Lipinski definition) is 8. The first-order valence-electron chi connectivity index (χ1n) is 9.27. The van der Waals surface area contributed by atoms with Gasteiger partial charge in [-0.1, -0.05) is 10.9 Å². The quantitative estimate of drug-likeness (QED) is 0.688. The number of ether oxygens (including phenoxy) is 1. The van der Waals surface area contributed by atoms with Crippen molar-refractivity contribution in [1.82, 2.24) is 13.9 Å². The summed E-state index contributed by atoms with van der Waals surface area (Å²) < 4.78 is 35.8. The number of nitrogens with one attached hydrogen (secondary N) is 1. The van der Waals surface area contributed by atoms with Crippen LogP contribution >= 0.6 is 11.5 Å². The van der Waals surface area contributed by atoms with E-state index in [-0.39, 0.29) is 33.8 Å². The molecule has 11 heteroatoms. The number of aromatic nitrogens is 2. The molecule has 29 heavy (non-hydrogen) atoms. The lowest BCUT2D eigenvalue weighted by Crippen LogP contribution is -2.41. The molecule has 0 bridgehead atoms. The molecule has 0 spiro atoms. The van der Waals surface area contributed by atoms with Gasteiger partial charge in [-0.3, -0.25) is 4.79 Å². The SMILES string of the molecule is CCOC(=O)c1nnsc1NC(=O)c1ccc(S(=O)(=O)N2CCCCC2C)cc1. The van der Waals surface area contributed by atoms with Gasteiger partial charge in [-0.25, -0.2) is 13.2 Å². The maximum Gasteiger partial charge on any atom is 0.362 e. The molecule has 1 unspecified atom stereocenters. The van der Waals surface area contributed by atoms with Gasteiger partial charge in [0.2, 0.25) is 15.7 Å². The normalized spacial score (nSPS) is 17.7. The zero-order valence-corrected chi connectivity index (χ0v) is 17.8. The fourth-order valence-electron chi connectivity index (χ4n) is 3.12. The number of carbonyl (C=O) groups excluding carboxylic acids is 2. The zero-order chi connectivity index (χ0) is 21.0. The molecule has 1 saturated heterocycles. The molecule has 1 aromatic carbocycles. The van der Waals surface area contributed by atoms with Gasteiger partial charge in [0.25, 0.3) is 5.91 Å². The maximum atomic E-state index is 12.9. The number of anilines is 1. The third kappa shape index (κ3) is 4.62.